The van der Waals surface area contributed by atoms with E-state index in [4.69, 9.17) is 6.15 Å². The summed E-state index contributed by atoms with van der Waals surface area (Å²) in [6, 6.07) is 0. The van der Waals surface area contributed by atoms with Crippen molar-refractivity contribution < 1.29 is 15.7 Å². The van der Waals surface area contributed by atoms with Crippen molar-refractivity contribution in [2.45, 2.75) is 93.3 Å². The van der Waals surface area contributed by atoms with Gasteiger partial charge in [0.05, 0.1) is 0 Å². The summed E-state index contributed by atoms with van der Waals surface area (Å²) in [6.45, 7) is 4.23. The zero-order valence-corrected chi connectivity index (χ0v) is 17.2. The van der Waals surface area contributed by atoms with Crippen molar-refractivity contribution in [3.8, 4) is 0 Å². The summed E-state index contributed by atoms with van der Waals surface area (Å²) in [5.74, 6) is -0.264. The molecule has 0 unspecified atom stereocenters. The quantitative estimate of drug-likeness (QED) is 0.375. The first-order valence-electron chi connectivity index (χ1n) is 9.05. The van der Waals surface area contributed by atoms with Gasteiger partial charge in [-0.05, 0) is 0 Å². The number of rotatable bonds is 10. The fourth-order valence-corrected chi connectivity index (χ4v) is 12.3. The third kappa shape index (κ3) is 7.84. The van der Waals surface area contributed by atoms with Crippen molar-refractivity contribution in [1.29, 1.82) is 0 Å². The second kappa shape index (κ2) is 11.3. The Morgan fingerprint density at radius 2 is 1.23 bits per heavy atom. The number of carbonyl (C=O) groups excluding carboxylic acids is 2. The Bertz CT molecular complexity index is 312. The Hall–Kier alpha value is -0.261. The van der Waals surface area contributed by atoms with E-state index in [2.05, 4.69) is 13.8 Å². The molecule has 0 aromatic carbocycles. The first kappa shape index (κ1) is 19.8. The van der Waals surface area contributed by atoms with Gasteiger partial charge in [-0.15, -0.1) is 0 Å². The molecule has 22 heavy (non-hydrogen) atoms. The van der Waals surface area contributed by atoms with Crippen molar-refractivity contribution >= 4 is 31.1 Å². The van der Waals surface area contributed by atoms with E-state index in [9.17, 15) is 9.59 Å². The van der Waals surface area contributed by atoms with Gasteiger partial charge in [0.2, 0.25) is 0 Å². The predicted octanol–water partition coefficient (Wildman–Crippen LogP) is 4.86. The Kier molecular flexibility index (Phi) is 10.2. The molecule has 0 aliphatic carbocycles. The van der Waals surface area contributed by atoms with E-state index in [1.54, 1.807) is 0 Å². The first-order chi connectivity index (χ1) is 10.6. The van der Waals surface area contributed by atoms with E-state index < -0.39 is 19.2 Å². The van der Waals surface area contributed by atoms with Crippen LogP contribution in [0, 0.1) is 0 Å². The molecule has 0 radical (unpaired) electrons. The Balaban J connectivity index is 2.50. The van der Waals surface area contributed by atoms with Crippen LogP contribution in [0.2, 0.25) is 8.87 Å². The molecule has 0 aromatic heterocycles. The molecule has 4 nitrogen and oxygen atoms in total. The van der Waals surface area contributed by atoms with Gasteiger partial charge in [0.1, 0.15) is 0 Å². The van der Waals surface area contributed by atoms with Gasteiger partial charge in [-0.1, -0.05) is 0 Å². The molecular formula is C17H32O4Sn. The minimum absolute atomic E-state index is 0.132. The normalized spacial score (nSPS) is 17.0. The molecular weight excluding hydrogens is 387 g/mol. The summed E-state index contributed by atoms with van der Waals surface area (Å²) in [7, 11) is 0. The SMILES string of the molecule is CCCCCC(=O)[O][Sn]1([O]C(=O)CCCCC)[CH2]CCC[CH2]1. The molecule has 0 bridgehead atoms. The average Bonchev–Trinajstić information content (AvgIpc) is 2.48. The molecule has 1 saturated heterocycles. The summed E-state index contributed by atoms with van der Waals surface area (Å²) in [4.78, 5) is 24.1. The third-order valence-electron chi connectivity index (χ3n) is 4.18. The van der Waals surface area contributed by atoms with E-state index in [1.165, 1.54) is 6.42 Å². The number of unbranched alkanes of at least 4 members (excludes halogenated alkanes) is 4. The van der Waals surface area contributed by atoms with Crippen LogP contribution >= 0.6 is 0 Å². The van der Waals surface area contributed by atoms with E-state index in [0.29, 0.717) is 12.8 Å². The molecule has 0 spiro atoms. The summed E-state index contributed by atoms with van der Waals surface area (Å²) in [6.07, 6.45) is 10.2. The maximum atomic E-state index is 12.1. The van der Waals surface area contributed by atoms with Crippen LogP contribution in [-0.2, 0) is 15.7 Å². The van der Waals surface area contributed by atoms with Crippen molar-refractivity contribution in [3.05, 3.63) is 0 Å². The van der Waals surface area contributed by atoms with Crippen molar-refractivity contribution in [2.24, 2.45) is 0 Å². The third-order valence-corrected chi connectivity index (χ3v) is 14.0. The van der Waals surface area contributed by atoms with E-state index >= 15 is 0 Å². The molecule has 0 atom stereocenters. The van der Waals surface area contributed by atoms with Gasteiger partial charge in [-0.25, -0.2) is 0 Å². The monoisotopic (exact) mass is 420 g/mol. The van der Waals surface area contributed by atoms with E-state index in [0.717, 1.165) is 60.2 Å². The van der Waals surface area contributed by atoms with Crippen LogP contribution in [0.1, 0.15) is 84.5 Å². The summed E-state index contributed by atoms with van der Waals surface area (Å²) >= 11 is -3.47. The molecule has 0 saturated carbocycles. The number of carbonyl (C=O) groups is 2. The molecule has 0 N–H and O–H groups in total. The number of hydrogen-bond donors (Lipinski definition) is 0. The Morgan fingerprint density at radius 3 is 1.64 bits per heavy atom. The second-order valence-corrected chi connectivity index (χ2v) is 15.6. The molecule has 5 heteroatoms. The standard InChI is InChI=1S/2C6H12O2.C5H10.Sn/c2*1-2-3-4-5-6(7)8;1-3-5-4-2;/h2*2-5H2,1H3,(H,7,8);1-5H2;/q;;;+2/p-2. The summed E-state index contributed by atoms with van der Waals surface area (Å²) < 4.78 is 13.4. The van der Waals surface area contributed by atoms with Gasteiger partial charge in [0.25, 0.3) is 0 Å². The van der Waals surface area contributed by atoms with E-state index in [1.807, 2.05) is 0 Å². The molecule has 128 valence electrons. The molecule has 0 aromatic rings. The minimum atomic E-state index is -3.47. The van der Waals surface area contributed by atoms with Crippen LogP contribution in [-0.4, -0.2) is 31.1 Å². The number of hydrogen-bond acceptors (Lipinski definition) is 4. The predicted molar refractivity (Wildman–Crippen MR) is 89.7 cm³/mol. The summed E-state index contributed by atoms with van der Waals surface area (Å²) in [5, 5.41) is 0. The second-order valence-electron chi connectivity index (χ2n) is 6.33. The van der Waals surface area contributed by atoms with Crippen molar-refractivity contribution in [3.63, 3.8) is 0 Å². The Labute approximate surface area is 140 Å². The molecule has 1 aliphatic rings. The fourth-order valence-electron chi connectivity index (χ4n) is 2.87. The van der Waals surface area contributed by atoms with Gasteiger partial charge in [0, 0.05) is 0 Å². The summed E-state index contributed by atoms with van der Waals surface area (Å²) in [5.41, 5.74) is 0. The van der Waals surface area contributed by atoms with E-state index in [-0.39, 0.29) is 11.9 Å². The van der Waals surface area contributed by atoms with Gasteiger partial charge in [0.15, 0.2) is 0 Å². The van der Waals surface area contributed by atoms with Crippen LogP contribution in [0.15, 0.2) is 0 Å². The van der Waals surface area contributed by atoms with Crippen LogP contribution in [0.3, 0.4) is 0 Å². The maximum absolute atomic E-state index is 12.1. The van der Waals surface area contributed by atoms with Gasteiger partial charge < -0.3 is 0 Å². The van der Waals surface area contributed by atoms with Crippen LogP contribution in [0.5, 0.6) is 0 Å². The average molecular weight is 419 g/mol. The zero-order valence-electron chi connectivity index (χ0n) is 14.3. The van der Waals surface area contributed by atoms with Crippen molar-refractivity contribution in [1.82, 2.24) is 0 Å². The van der Waals surface area contributed by atoms with Gasteiger partial charge in [-0.3, -0.25) is 0 Å². The van der Waals surface area contributed by atoms with Crippen LogP contribution in [0.25, 0.3) is 0 Å². The molecule has 1 aliphatic heterocycles. The van der Waals surface area contributed by atoms with Crippen LogP contribution in [0.4, 0.5) is 0 Å². The molecule has 1 heterocycles. The van der Waals surface area contributed by atoms with Crippen LogP contribution < -0.4 is 0 Å². The topological polar surface area (TPSA) is 52.6 Å². The first-order valence-corrected chi connectivity index (χ1v) is 15.4. The van der Waals surface area contributed by atoms with Gasteiger partial charge >= 0.3 is 140 Å². The molecule has 0 amide bonds. The Morgan fingerprint density at radius 1 is 0.773 bits per heavy atom. The fraction of sp³-hybridized carbons (Fsp3) is 0.882. The molecule has 1 fully saturated rings. The van der Waals surface area contributed by atoms with Gasteiger partial charge in [-0.2, -0.15) is 0 Å². The van der Waals surface area contributed by atoms with Crippen molar-refractivity contribution in [2.75, 3.05) is 0 Å². The zero-order chi connectivity index (χ0) is 16.3. The molecule has 1 rings (SSSR count).